The van der Waals surface area contributed by atoms with Gasteiger partial charge in [-0.1, -0.05) is 73.6 Å². The summed E-state index contributed by atoms with van der Waals surface area (Å²) in [6.45, 7) is 12.8. The second-order valence-electron chi connectivity index (χ2n) is 9.73. The molecule has 4 heteroatoms. The number of rotatable bonds is 15. The predicted octanol–water partition coefficient (Wildman–Crippen LogP) is 6.77. The molecule has 3 atom stereocenters. The molecule has 0 aromatic rings. The number of hydrogen-bond acceptors (Lipinski definition) is 2. The molecule has 4 nitrogen and oxygen atoms in total. The number of carbonyl (C=O) groups is 2. The largest absolute Gasteiger partial charge is 0.481 e. The number of hydrogen-bond donors (Lipinski definition) is 2. The predicted molar refractivity (Wildman–Crippen MR) is 112 cm³/mol. The van der Waals surface area contributed by atoms with Gasteiger partial charge in [-0.15, -0.1) is 0 Å². The maximum atomic E-state index is 12.4. The molecule has 0 aliphatic heterocycles. The van der Waals surface area contributed by atoms with E-state index in [1.54, 1.807) is 0 Å². The van der Waals surface area contributed by atoms with E-state index in [0.29, 0.717) is 12.8 Å². The molecule has 27 heavy (non-hydrogen) atoms. The van der Waals surface area contributed by atoms with Crippen molar-refractivity contribution in [2.45, 2.75) is 112 Å². The van der Waals surface area contributed by atoms with Crippen molar-refractivity contribution in [2.24, 2.45) is 22.7 Å². The minimum atomic E-state index is -0.743. The van der Waals surface area contributed by atoms with Crippen molar-refractivity contribution in [1.29, 1.82) is 0 Å². The molecule has 0 aromatic heterocycles. The lowest BCUT2D eigenvalue weighted by Crippen LogP contribution is -2.39. The lowest BCUT2D eigenvalue weighted by atomic mass is 9.64. The summed E-state index contributed by atoms with van der Waals surface area (Å²) in [7, 11) is 0. The number of unbranched alkanes of at least 4 members (excludes halogenated alkanes) is 2. The van der Waals surface area contributed by atoms with Gasteiger partial charge in [0.1, 0.15) is 0 Å². The molecule has 0 spiro atoms. The molecule has 0 saturated heterocycles. The highest BCUT2D eigenvalue weighted by atomic mass is 16.4. The smallest absolute Gasteiger partial charge is 0.309 e. The Kier molecular flexibility index (Phi) is 11.9. The van der Waals surface area contributed by atoms with Crippen molar-refractivity contribution >= 4 is 11.9 Å². The van der Waals surface area contributed by atoms with Gasteiger partial charge in [0.05, 0.1) is 5.41 Å². The van der Waals surface area contributed by atoms with Crippen LogP contribution >= 0.6 is 0 Å². The molecule has 3 unspecified atom stereocenters. The van der Waals surface area contributed by atoms with E-state index in [0.717, 1.165) is 51.4 Å². The standard InChI is InChI=1S/C23H44O4/c1-7-9-12-19(16-20(24)25)13-11-15-23(21(26)27,14-10-8-2)18(3)17-22(4,5)6/h18-19H,7-17H2,1-6H3,(H,24,25)(H,26,27). The molecule has 0 aliphatic rings. The van der Waals surface area contributed by atoms with Crippen LogP contribution in [0.2, 0.25) is 0 Å². The molecule has 0 fully saturated rings. The fraction of sp³-hybridized carbons (Fsp3) is 0.913. The lowest BCUT2D eigenvalue weighted by Gasteiger charge is -2.39. The Hall–Kier alpha value is -1.06. The molecular formula is C23H44O4. The van der Waals surface area contributed by atoms with Crippen LogP contribution in [0.5, 0.6) is 0 Å². The third kappa shape index (κ3) is 10.2. The molecule has 0 bridgehead atoms. The van der Waals surface area contributed by atoms with Crippen LogP contribution in [0.1, 0.15) is 112 Å². The number of carboxylic acids is 2. The average Bonchev–Trinajstić information content (AvgIpc) is 2.53. The van der Waals surface area contributed by atoms with Crippen LogP contribution in [-0.4, -0.2) is 22.2 Å². The zero-order valence-electron chi connectivity index (χ0n) is 18.6. The molecule has 0 saturated carbocycles. The first-order valence-corrected chi connectivity index (χ1v) is 10.9. The SMILES string of the molecule is CCCCC(CCCC(CCCC)(C(=O)O)C(C)CC(C)(C)C)CC(=O)O. The van der Waals surface area contributed by atoms with Gasteiger partial charge in [-0.05, 0) is 49.4 Å². The summed E-state index contributed by atoms with van der Waals surface area (Å²) < 4.78 is 0. The Morgan fingerprint density at radius 3 is 1.85 bits per heavy atom. The third-order valence-corrected chi connectivity index (χ3v) is 5.93. The number of carboxylic acid groups (broad SMARTS) is 2. The van der Waals surface area contributed by atoms with Gasteiger partial charge < -0.3 is 10.2 Å². The Bertz CT molecular complexity index is 438. The maximum Gasteiger partial charge on any atom is 0.309 e. The Labute approximate surface area is 167 Å². The fourth-order valence-electron chi connectivity index (χ4n) is 4.44. The van der Waals surface area contributed by atoms with Crippen LogP contribution in [0.4, 0.5) is 0 Å². The summed E-state index contributed by atoms with van der Waals surface area (Å²) in [5.41, 5.74) is -0.596. The molecule has 2 N–H and O–H groups in total. The van der Waals surface area contributed by atoms with Gasteiger partial charge in [0.15, 0.2) is 0 Å². The maximum absolute atomic E-state index is 12.4. The van der Waals surface area contributed by atoms with E-state index in [4.69, 9.17) is 5.11 Å². The van der Waals surface area contributed by atoms with E-state index in [9.17, 15) is 14.7 Å². The van der Waals surface area contributed by atoms with Gasteiger partial charge in [0.2, 0.25) is 0 Å². The van der Waals surface area contributed by atoms with Gasteiger partial charge in [-0.25, -0.2) is 0 Å². The van der Waals surface area contributed by atoms with Crippen LogP contribution < -0.4 is 0 Å². The topological polar surface area (TPSA) is 74.6 Å². The van der Waals surface area contributed by atoms with Crippen molar-refractivity contribution in [3.63, 3.8) is 0 Å². The Balaban J connectivity index is 5.20. The van der Waals surface area contributed by atoms with Gasteiger partial charge >= 0.3 is 11.9 Å². The molecule has 0 aliphatic carbocycles. The minimum absolute atomic E-state index is 0.0965. The molecule has 160 valence electrons. The Morgan fingerprint density at radius 1 is 0.889 bits per heavy atom. The van der Waals surface area contributed by atoms with Crippen LogP contribution in [0.25, 0.3) is 0 Å². The average molecular weight is 385 g/mol. The van der Waals surface area contributed by atoms with E-state index in [2.05, 4.69) is 41.5 Å². The minimum Gasteiger partial charge on any atom is -0.481 e. The van der Waals surface area contributed by atoms with Crippen molar-refractivity contribution in [3.8, 4) is 0 Å². The first kappa shape index (κ1) is 25.9. The molecule has 0 aromatic carbocycles. The summed E-state index contributed by atoms with van der Waals surface area (Å²) in [4.78, 5) is 23.5. The third-order valence-electron chi connectivity index (χ3n) is 5.93. The van der Waals surface area contributed by atoms with Gasteiger partial charge in [0.25, 0.3) is 0 Å². The van der Waals surface area contributed by atoms with Crippen molar-refractivity contribution in [3.05, 3.63) is 0 Å². The van der Waals surface area contributed by atoms with E-state index in [1.165, 1.54) is 0 Å². The summed E-state index contributed by atoms with van der Waals surface area (Å²) in [6, 6.07) is 0. The normalized spacial score (nSPS) is 16.5. The van der Waals surface area contributed by atoms with Crippen molar-refractivity contribution in [2.75, 3.05) is 0 Å². The molecule has 0 amide bonds. The number of aliphatic carboxylic acids is 2. The molecular weight excluding hydrogens is 340 g/mol. The first-order chi connectivity index (χ1) is 12.5. The lowest BCUT2D eigenvalue weighted by molar-refractivity contribution is -0.155. The van der Waals surface area contributed by atoms with Gasteiger partial charge in [0, 0.05) is 6.42 Å². The molecule has 0 heterocycles. The summed E-state index contributed by atoms with van der Waals surface area (Å²) in [6.07, 6.45) is 9.02. The van der Waals surface area contributed by atoms with E-state index in [1.807, 2.05) is 0 Å². The second-order valence-corrected chi connectivity index (χ2v) is 9.73. The zero-order chi connectivity index (χ0) is 21.1. The summed E-state index contributed by atoms with van der Waals surface area (Å²) in [5.74, 6) is -1.14. The molecule has 0 radical (unpaired) electrons. The van der Waals surface area contributed by atoms with Gasteiger partial charge in [-0.3, -0.25) is 9.59 Å². The highest BCUT2D eigenvalue weighted by Gasteiger charge is 2.43. The summed E-state index contributed by atoms with van der Waals surface area (Å²) in [5, 5.41) is 19.3. The van der Waals surface area contributed by atoms with Gasteiger partial charge in [-0.2, -0.15) is 0 Å². The van der Waals surface area contributed by atoms with Crippen molar-refractivity contribution in [1.82, 2.24) is 0 Å². The second kappa shape index (κ2) is 12.4. The Morgan fingerprint density at radius 2 is 1.41 bits per heavy atom. The van der Waals surface area contributed by atoms with Crippen LogP contribution in [0, 0.1) is 22.7 Å². The van der Waals surface area contributed by atoms with Crippen LogP contribution in [0.15, 0.2) is 0 Å². The van der Waals surface area contributed by atoms with Crippen LogP contribution in [0.3, 0.4) is 0 Å². The molecule has 0 rings (SSSR count). The van der Waals surface area contributed by atoms with Crippen LogP contribution in [-0.2, 0) is 9.59 Å². The van der Waals surface area contributed by atoms with E-state index in [-0.39, 0.29) is 23.7 Å². The highest BCUT2D eigenvalue weighted by Crippen LogP contribution is 2.44. The highest BCUT2D eigenvalue weighted by molar-refractivity contribution is 5.75. The first-order valence-electron chi connectivity index (χ1n) is 10.9. The van der Waals surface area contributed by atoms with E-state index >= 15 is 0 Å². The fourth-order valence-corrected chi connectivity index (χ4v) is 4.44. The monoisotopic (exact) mass is 384 g/mol. The summed E-state index contributed by atoms with van der Waals surface area (Å²) >= 11 is 0. The van der Waals surface area contributed by atoms with Crippen molar-refractivity contribution < 1.29 is 19.8 Å². The van der Waals surface area contributed by atoms with E-state index < -0.39 is 17.4 Å². The zero-order valence-corrected chi connectivity index (χ0v) is 18.6. The quantitative estimate of drug-likeness (QED) is 0.326.